The van der Waals surface area contributed by atoms with Gasteiger partial charge in [-0.25, -0.2) is 9.97 Å². The van der Waals surface area contributed by atoms with Crippen LogP contribution in [0, 0.1) is 0 Å². The minimum absolute atomic E-state index is 0.114. The Morgan fingerprint density at radius 2 is 1.00 bits per heavy atom. The lowest BCUT2D eigenvalue weighted by Crippen LogP contribution is -2.62. The van der Waals surface area contributed by atoms with E-state index in [1.54, 1.807) is 6.33 Å². The zero-order chi connectivity index (χ0) is 54.2. The summed E-state index contributed by atoms with van der Waals surface area (Å²) in [4.78, 5) is 16.9. The van der Waals surface area contributed by atoms with Gasteiger partial charge < -0.3 is 23.5 Å². The predicted molar refractivity (Wildman–Crippen MR) is 331 cm³/mol. The van der Waals surface area contributed by atoms with Gasteiger partial charge in [0.2, 0.25) is 0 Å². The molecule has 0 N–H and O–H groups in total. The van der Waals surface area contributed by atoms with Crippen LogP contribution < -0.4 is 31.1 Å². The molecule has 3 aromatic heterocycles. The first-order valence-corrected chi connectivity index (χ1v) is 28.4. The fourth-order valence-electron chi connectivity index (χ4n) is 14.8. The minimum atomic E-state index is -0.518. The maximum Gasteiger partial charge on any atom is 0.252 e. The highest BCUT2D eigenvalue weighted by atomic mass is 16.3. The predicted octanol–water partition coefficient (Wildman–Crippen LogP) is 16.9. The largest absolute Gasteiger partial charge is 0.456 e. The summed E-state index contributed by atoms with van der Waals surface area (Å²) >= 11 is 0. The third-order valence-corrected chi connectivity index (χ3v) is 19.0. The third kappa shape index (κ3) is 6.39. The van der Waals surface area contributed by atoms with Crippen LogP contribution in [0.2, 0.25) is 0 Å². The highest BCUT2D eigenvalue weighted by Crippen LogP contribution is 2.65. The van der Waals surface area contributed by atoms with E-state index in [-0.39, 0.29) is 23.0 Å². The second-order valence-corrected chi connectivity index (χ2v) is 25.3. The number of furan rings is 2. The van der Waals surface area contributed by atoms with Gasteiger partial charge in [0.15, 0.2) is 0 Å². The maximum absolute atomic E-state index is 6.78. The number of hydrogen-bond acceptors (Lipinski definition) is 7. The molecule has 0 bridgehead atoms. The number of rotatable bonds is 4. The van der Waals surface area contributed by atoms with Gasteiger partial charge in [-0.05, 0) is 153 Å². The summed E-state index contributed by atoms with van der Waals surface area (Å²) in [5, 5.41) is 4.37. The molecule has 16 rings (SSSR count). The second kappa shape index (κ2) is 16.4. The molecule has 0 fully saturated rings. The molecule has 2 atom stereocenters. The second-order valence-electron chi connectivity index (χ2n) is 25.3. The van der Waals surface area contributed by atoms with Gasteiger partial charge in [-0.2, -0.15) is 0 Å². The normalized spacial score (nSPS) is 18.1. The third-order valence-electron chi connectivity index (χ3n) is 19.0. The average molecular weight is 1040 g/mol. The molecule has 3 aliphatic heterocycles. The molecular weight excluding hydrogens is 978 g/mol. The van der Waals surface area contributed by atoms with Crippen molar-refractivity contribution in [1.82, 2.24) is 9.97 Å². The van der Waals surface area contributed by atoms with Crippen molar-refractivity contribution in [3.05, 3.63) is 222 Å². The minimum Gasteiger partial charge on any atom is -0.456 e. The van der Waals surface area contributed by atoms with E-state index in [1.807, 2.05) is 12.4 Å². The van der Waals surface area contributed by atoms with E-state index in [0.29, 0.717) is 0 Å². The number of benzene rings is 9. The first-order valence-electron chi connectivity index (χ1n) is 28.4. The summed E-state index contributed by atoms with van der Waals surface area (Å²) in [6, 6.07) is 66.3. The number of aryl methyl sites for hydroxylation is 1. The fourth-order valence-corrected chi connectivity index (χ4v) is 14.8. The van der Waals surface area contributed by atoms with Crippen LogP contribution in [-0.2, 0) is 28.2 Å². The van der Waals surface area contributed by atoms with E-state index in [1.165, 1.54) is 49.9 Å². The van der Waals surface area contributed by atoms with E-state index >= 15 is 0 Å². The van der Waals surface area contributed by atoms with Gasteiger partial charge in [0.1, 0.15) is 28.7 Å². The maximum atomic E-state index is 6.78. The fraction of sp³-hybridized carbons (Fsp3) is 0.194. The quantitative estimate of drug-likeness (QED) is 0.163. The SMILES string of the molecule is CC(C)(C)c1ccc2c(c1)B1c3cc(C(C)(C)C)ccc3N(c3cccc4oc5ccccc5c34)c3cc(N4c5ccc(-c6cncnc6)cc5C5(C)CCc6ccccc6C45C)cc(c31)N2c1cccc2oc3ccccc3c12. The Balaban J connectivity index is 1.08. The van der Waals surface area contributed by atoms with E-state index in [9.17, 15) is 0 Å². The monoisotopic (exact) mass is 1040 g/mol. The molecule has 0 saturated heterocycles. The van der Waals surface area contributed by atoms with Gasteiger partial charge in [-0.15, -0.1) is 0 Å². The summed E-state index contributed by atoms with van der Waals surface area (Å²) in [7, 11) is 0. The Hall–Kier alpha value is -8.88. The number of aromatic nitrogens is 2. The Kier molecular flexibility index (Phi) is 9.64. The first kappa shape index (κ1) is 47.2. The summed E-state index contributed by atoms with van der Waals surface area (Å²) in [5.41, 5.74) is 24.1. The van der Waals surface area contributed by atoms with Gasteiger partial charge in [-0.1, -0.05) is 152 Å². The van der Waals surface area contributed by atoms with Crippen LogP contribution in [0.4, 0.5) is 45.5 Å². The molecule has 0 spiro atoms. The summed E-state index contributed by atoms with van der Waals surface area (Å²) in [6.45, 7) is 18.9. The first-order chi connectivity index (χ1) is 38.7. The zero-order valence-electron chi connectivity index (χ0n) is 46.5. The zero-order valence-corrected chi connectivity index (χ0v) is 46.5. The number of nitrogens with zero attached hydrogens (tertiary/aromatic N) is 5. The van der Waals surface area contributed by atoms with Crippen molar-refractivity contribution in [3.63, 3.8) is 0 Å². The molecule has 0 radical (unpaired) electrons. The van der Waals surface area contributed by atoms with E-state index in [2.05, 4.69) is 256 Å². The van der Waals surface area contributed by atoms with Crippen LogP contribution in [0.1, 0.15) is 89.6 Å². The molecule has 9 aromatic carbocycles. The van der Waals surface area contributed by atoms with E-state index in [4.69, 9.17) is 8.83 Å². The van der Waals surface area contributed by atoms with Crippen molar-refractivity contribution >= 4 is 112 Å². The van der Waals surface area contributed by atoms with Gasteiger partial charge in [0.25, 0.3) is 6.71 Å². The molecule has 0 amide bonds. The lowest BCUT2D eigenvalue weighted by atomic mass is 9.33. The Morgan fingerprint density at radius 1 is 0.475 bits per heavy atom. The van der Waals surface area contributed by atoms with Crippen molar-refractivity contribution in [2.75, 3.05) is 14.7 Å². The smallest absolute Gasteiger partial charge is 0.252 e. The number of para-hydroxylation sites is 2. The summed E-state index contributed by atoms with van der Waals surface area (Å²) < 4.78 is 13.6. The molecule has 7 nitrogen and oxygen atoms in total. The lowest BCUT2D eigenvalue weighted by molar-refractivity contribution is 0.245. The van der Waals surface area contributed by atoms with Crippen LogP contribution in [-0.4, -0.2) is 16.7 Å². The Bertz CT molecular complexity index is 4400. The highest BCUT2D eigenvalue weighted by molar-refractivity contribution is 7.00. The van der Waals surface area contributed by atoms with Gasteiger partial charge in [0.05, 0.1) is 27.7 Å². The molecule has 2 unspecified atom stereocenters. The molecule has 8 heteroatoms. The van der Waals surface area contributed by atoms with Gasteiger partial charge in [-0.3, -0.25) is 0 Å². The molecule has 0 saturated carbocycles. The van der Waals surface area contributed by atoms with Crippen molar-refractivity contribution in [1.29, 1.82) is 0 Å². The van der Waals surface area contributed by atoms with E-state index < -0.39 is 5.54 Å². The molecule has 80 heavy (non-hydrogen) atoms. The standard InChI is InChI=1S/C72H60BN5O2/c1-69(2,3)46-28-31-56-53(36-46)73-54-37-47(70(4,5)6)29-32-57(54)77(59-22-16-26-65-67(59)50-19-11-14-24-63(50)80-65)61-39-48(38-60(68(61)73)76(56)58-21-15-25-64-66(58)49-18-10-13-23-62(49)79-64)78-55-30-27-44(45-40-74-42-75-41-45)35-52(55)71(7)34-33-43-17-9-12-20-51(43)72(71,78)8/h9-32,35-42H,33-34H2,1-8H3. The van der Waals surface area contributed by atoms with E-state index in [0.717, 1.165) is 108 Å². The van der Waals surface area contributed by atoms with Gasteiger partial charge in [0, 0.05) is 68.3 Å². The molecule has 388 valence electrons. The molecule has 12 aromatic rings. The van der Waals surface area contributed by atoms with Crippen LogP contribution in [0.15, 0.2) is 203 Å². The molecular formula is C72H60BN5O2. The summed E-state index contributed by atoms with van der Waals surface area (Å²) in [6.07, 6.45) is 7.45. The summed E-state index contributed by atoms with van der Waals surface area (Å²) in [5.74, 6) is 0. The number of hydrogen-bond donors (Lipinski definition) is 0. The lowest BCUT2D eigenvalue weighted by Gasteiger charge is -2.52. The topological polar surface area (TPSA) is 61.8 Å². The van der Waals surface area contributed by atoms with Crippen molar-refractivity contribution in [2.24, 2.45) is 0 Å². The van der Waals surface area contributed by atoms with Crippen LogP contribution in [0.3, 0.4) is 0 Å². The Morgan fingerprint density at radius 3 is 1.57 bits per heavy atom. The van der Waals surface area contributed by atoms with Crippen LogP contribution in [0.25, 0.3) is 55.0 Å². The molecule has 1 aliphatic carbocycles. The number of anilines is 8. The molecule has 4 aliphatic rings. The molecule has 6 heterocycles. The van der Waals surface area contributed by atoms with Crippen LogP contribution >= 0.6 is 0 Å². The highest BCUT2D eigenvalue weighted by Gasteiger charge is 2.60. The van der Waals surface area contributed by atoms with Crippen molar-refractivity contribution < 1.29 is 8.83 Å². The van der Waals surface area contributed by atoms with Crippen molar-refractivity contribution in [3.8, 4) is 11.1 Å². The average Bonchev–Trinajstić information content (AvgIpc) is 4.24. The number of fused-ring (bicyclic) bond motifs is 15. The van der Waals surface area contributed by atoms with Gasteiger partial charge >= 0.3 is 0 Å². The Labute approximate surface area is 467 Å². The van der Waals surface area contributed by atoms with Crippen molar-refractivity contribution in [2.45, 2.75) is 90.0 Å². The van der Waals surface area contributed by atoms with Crippen LogP contribution in [0.5, 0.6) is 0 Å².